The lowest BCUT2D eigenvalue weighted by Crippen LogP contribution is -2.09. The van der Waals surface area contributed by atoms with Crippen LogP contribution in [-0.2, 0) is 6.54 Å². The summed E-state index contributed by atoms with van der Waals surface area (Å²) in [5.74, 6) is 0.197. The summed E-state index contributed by atoms with van der Waals surface area (Å²) in [4.78, 5) is 4.61. The Bertz CT molecular complexity index is 1030. The van der Waals surface area contributed by atoms with Crippen molar-refractivity contribution < 1.29 is 10.2 Å². The zero-order valence-corrected chi connectivity index (χ0v) is 14.7. The molecule has 4 rings (SSSR count). The maximum Gasteiger partial charge on any atom is 0.116 e. The number of imidazole rings is 1. The number of rotatable bonds is 5. The molecule has 0 aliphatic heterocycles. The fourth-order valence-electron chi connectivity index (χ4n) is 3.25. The molecule has 1 heterocycles. The summed E-state index contributed by atoms with van der Waals surface area (Å²) in [5, 5.41) is 20.6. The largest absolute Gasteiger partial charge is 0.508 e. The summed E-state index contributed by atoms with van der Waals surface area (Å²) in [7, 11) is 0. The van der Waals surface area contributed by atoms with E-state index in [0.29, 0.717) is 6.54 Å². The van der Waals surface area contributed by atoms with Gasteiger partial charge in [-0.25, -0.2) is 4.98 Å². The fraction of sp³-hybridized carbons (Fsp3) is 0.0870. The Kier molecular flexibility index (Phi) is 4.73. The molecular weight excluding hydrogens is 336 g/mol. The van der Waals surface area contributed by atoms with E-state index in [1.807, 2.05) is 77.4 Å². The molecule has 1 atom stereocenters. The highest BCUT2D eigenvalue weighted by atomic mass is 16.3. The van der Waals surface area contributed by atoms with Crippen molar-refractivity contribution in [3.8, 4) is 28.3 Å². The number of hydrogen-bond donors (Lipinski definition) is 2. The van der Waals surface area contributed by atoms with E-state index < -0.39 is 6.10 Å². The van der Waals surface area contributed by atoms with Crippen LogP contribution >= 0.6 is 0 Å². The standard InChI is InChI=1S/C23H20N2O2/c26-20-13-7-12-19(14-20)23-22(18-10-5-2-6-11-18)24-16-25(23)15-21(27)17-8-3-1-4-9-17/h1-14,16,21,26-27H,15H2/t21-/m1/s1. The first-order valence-electron chi connectivity index (χ1n) is 8.85. The van der Waals surface area contributed by atoms with E-state index in [-0.39, 0.29) is 5.75 Å². The van der Waals surface area contributed by atoms with Crippen molar-refractivity contribution in [1.82, 2.24) is 9.55 Å². The molecule has 3 aromatic carbocycles. The van der Waals surface area contributed by atoms with Crippen molar-refractivity contribution in [3.05, 3.63) is 96.8 Å². The van der Waals surface area contributed by atoms with Gasteiger partial charge in [0.05, 0.1) is 30.4 Å². The summed E-state index contributed by atoms with van der Waals surface area (Å²) in [5.41, 5.74) is 4.39. The second kappa shape index (κ2) is 7.48. The van der Waals surface area contributed by atoms with E-state index in [4.69, 9.17) is 0 Å². The van der Waals surface area contributed by atoms with Crippen molar-refractivity contribution in [2.45, 2.75) is 12.6 Å². The van der Waals surface area contributed by atoms with Crippen LogP contribution in [0.2, 0.25) is 0 Å². The summed E-state index contributed by atoms with van der Waals surface area (Å²) < 4.78 is 1.94. The number of aliphatic hydroxyl groups excluding tert-OH is 1. The number of aromatic nitrogens is 2. The normalized spacial score (nSPS) is 12.0. The van der Waals surface area contributed by atoms with Gasteiger partial charge < -0.3 is 14.8 Å². The lowest BCUT2D eigenvalue weighted by molar-refractivity contribution is 0.157. The van der Waals surface area contributed by atoms with Crippen molar-refractivity contribution in [2.24, 2.45) is 0 Å². The van der Waals surface area contributed by atoms with E-state index in [9.17, 15) is 10.2 Å². The van der Waals surface area contributed by atoms with Crippen LogP contribution in [0.4, 0.5) is 0 Å². The Morgan fingerprint density at radius 3 is 2.19 bits per heavy atom. The zero-order chi connectivity index (χ0) is 18.6. The molecule has 0 radical (unpaired) electrons. The predicted molar refractivity (Wildman–Crippen MR) is 106 cm³/mol. The first kappa shape index (κ1) is 17.1. The number of phenols is 1. The van der Waals surface area contributed by atoms with Gasteiger partial charge in [0.25, 0.3) is 0 Å². The Balaban J connectivity index is 1.79. The van der Waals surface area contributed by atoms with Gasteiger partial charge in [0.1, 0.15) is 5.75 Å². The highest BCUT2D eigenvalue weighted by Gasteiger charge is 2.18. The molecule has 0 amide bonds. The third kappa shape index (κ3) is 3.61. The average molecular weight is 356 g/mol. The molecule has 0 spiro atoms. The van der Waals surface area contributed by atoms with Crippen molar-refractivity contribution in [2.75, 3.05) is 0 Å². The topological polar surface area (TPSA) is 58.3 Å². The summed E-state index contributed by atoms with van der Waals surface area (Å²) in [6.45, 7) is 0.370. The third-order valence-electron chi connectivity index (χ3n) is 4.56. The van der Waals surface area contributed by atoms with Crippen LogP contribution in [0.5, 0.6) is 5.75 Å². The lowest BCUT2D eigenvalue weighted by Gasteiger charge is -2.15. The van der Waals surface area contributed by atoms with Gasteiger partial charge in [-0.15, -0.1) is 0 Å². The average Bonchev–Trinajstić information content (AvgIpc) is 3.13. The zero-order valence-electron chi connectivity index (χ0n) is 14.7. The monoisotopic (exact) mass is 356 g/mol. The maximum atomic E-state index is 10.7. The van der Waals surface area contributed by atoms with E-state index in [1.165, 1.54) is 0 Å². The molecule has 1 aromatic heterocycles. The Morgan fingerprint density at radius 1 is 0.815 bits per heavy atom. The van der Waals surface area contributed by atoms with E-state index in [0.717, 1.165) is 28.1 Å². The first-order chi connectivity index (χ1) is 13.2. The SMILES string of the molecule is Oc1cccc(-c2c(-c3ccccc3)ncn2C[C@@H](O)c2ccccc2)c1. The van der Waals surface area contributed by atoms with Crippen LogP contribution in [-0.4, -0.2) is 19.8 Å². The van der Waals surface area contributed by atoms with Crippen LogP contribution in [0.15, 0.2) is 91.3 Å². The first-order valence-corrected chi connectivity index (χ1v) is 8.85. The summed E-state index contributed by atoms with van der Waals surface area (Å²) in [6, 6.07) is 26.6. The predicted octanol–water partition coefficient (Wildman–Crippen LogP) is 4.66. The molecule has 4 heteroatoms. The van der Waals surface area contributed by atoms with Crippen LogP contribution in [0.1, 0.15) is 11.7 Å². The molecule has 0 aliphatic rings. The molecule has 4 nitrogen and oxygen atoms in total. The molecule has 134 valence electrons. The quantitative estimate of drug-likeness (QED) is 0.547. The summed E-state index contributed by atoms with van der Waals surface area (Å²) in [6.07, 6.45) is 1.09. The second-order valence-electron chi connectivity index (χ2n) is 6.44. The molecule has 0 bridgehead atoms. The minimum Gasteiger partial charge on any atom is -0.508 e. The molecule has 4 aromatic rings. The Hall–Kier alpha value is -3.37. The summed E-state index contributed by atoms with van der Waals surface area (Å²) >= 11 is 0. The Morgan fingerprint density at radius 2 is 1.48 bits per heavy atom. The molecule has 0 aliphatic carbocycles. The van der Waals surface area contributed by atoms with Gasteiger partial charge in [-0.3, -0.25) is 0 Å². The van der Waals surface area contributed by atoms with Gasteiger partial charge in [-0.05, 0) is 17.7 Å². The molecule has 0 saturated carbocycles. The minimum absolute atomic E-state index is 0.197. The smallest absolute Gasteiger partial charge is 0.116 e. The van der Waals surface area contributed by atoms with Crippen LogP contribution in [0.3, 0.4) is 0 Å². The molecule has 2 N–H and O–H groups in total. The molecule has 0 saturated heterocycles. The van der Waals surface area contributed by atoms with Gasteiger partial charge >= 0.3 is 0 Å². The molecule has 0 unspecified atom stereocenters. The van der Waals surface area contributed by atoms with Gasteiger partial charge in [-0.1, -0.05) is 72.8 Å². The van der Waals surface area contributed by atoms with Crippen molar-refractivity contribution in [3.63, 3.8) is 0 Å². The molecule has 27 heavy (non-hydrogen) atoms. The number of hydrogen-bond acceptors (Lipinski definition) is 3. The van der Waals surface area contributed by atoms with E-state index >= 15 is 0 Å². The van der Waals surface area contributed by atoms with Crippen LogP contribution < -0.4 is 0 Å². The van der Waals surface area contributed by atoms with E-state index in [2.05, 4.69) is 4.98 Å². The van der Waals surface area contributed by atoms with Gasteiger partial charge in [0, 0.05) is 11.1 Å². The van der Waals surface area contributed by atoms with E-state index in [1.54, 1.807) is 18.5 Å². The fourth-order valence-corrected chi connectivity index (χ4v) is 3.25. The lowest BCUT2D eigenvalue weighted by atomic mass is 10.0. The van der Waals surface area contributed by atoms with Crippen molar-refractivity contribution in [1.29, 1.82) is 0 Å². The highest BCUT2D eigenvalue weighted by molar-refractivity contribution is 5.79. The van der Waals surface area contributed by atoms with Gasteiger partial charge in [-0.2, -0.15) is 0 Å². The van der Waals surface area contributed by atoms with Crippen molar-refractivity contribution >= 4 is 0 Å². The maximum absolute atomic E-state index is 10.7. The molecular formula is C23H20N2O2. The van der Waals surface area contributed by atoms with Crippen LogP contribution in [0.25, 0.3) is 22.5 Å². The highest BCUT2D eigenvalue weighted by Crippen LogP contribution is 2.33. The van der Waals surface area contributed by atoms with Gasteiger partial charge in [0.2, 0.25) is 0 Å². The number of aromatic hydroxyl groups is 1. The number of benzene rings is 3. The van der Waals surface area contributed by atoms with Crippen LogP contribution in [0, 0.1) is 0 Å². The number of aliphatic hydroxyl groups is 1. The minimum atomic E-state index is -0.653. The molecule has 0 fully saturated rings. The number of nitrogens with zero attached hydrogens (tertiary/aromatic N) is 2. The Labute approximate surface area is 158 Å². The third-order valence-corrected chi connectivity index (χ3v) is 4.56. The number of phenolic OH excluding ortho intramolecular Hbond substituents is 1. The second-order valence-corrected chi connectivity index (χ2v) is 6.44. The van der Waals surface area contributed by atoms with Gasteiger partial charge in [0.15, 0.2) is 0 Å².